The van der Waals surface area contributed by atoms with Gasteiger partial charge in [0.2, 0.25) is 0 Å². The number of carbonyl (C=O) groups excluding carboxylic acids is 1. The molecule has 4 aromatic rings. The van der Waals surface area contributed by atoms with E-state index in [0.717, 1.165) is 30.3 Å². The van der Waals surface area contributed by atoms with E-state index in [2.05, 4.69) is 15.0 Å². The summed E-state index contributed by atoms with van der Waals surface area (Å²) in [6.45, 7) is 0. The summed E-state index contributed by atoms with van der Waals surface area (Å²) in [5.41, 5.74) is -2.07. The summed E-state index contributed by atoms with van der Waals surface area (Å²) in [4.78, 5) is 17.6. The lowest BCUT2D eigenvalue weighted by atomic mass is 9.80. The largest absolute Gasteiger partial charge is 0.461 e. The van der Waals surface area contributed by atoms with Crippen molar-refractivity contribution < 1.29 is 45.0 Å². The first-order valence-corrected chi connectivity index (χ1v) is 12.4. The number of amides is 1. The predicted molar refractivity (Wildman–Crippen MR) is 139 cm³/mol. The molecule has 13 heteroatoms. The Morgan fingerprint density at radius 2 is 1.48 bits per heavy atom. The van der Waals surface area contributed by atoms with E-state index in [1.165, 1.54) is 30.5 Å². The van der Waals surface area contributed by atoms with Gasteiger partial charge in [0, 0.05) is 12.6 Å². The van der Waals surface area contributed by atoms with Crippen LogP contribution in [0.2, 0.25) is 5.02 Å². The van der Waals surface area contributed by atoms with Gasteiger partial charge in [-0.3, -0.25) is 4.98 Å². The number of ether oxygens (including phenoxy) is 2. The van der Waals surface area contributed by atoms with E-state index in [9.17, 15) is 35.5 Å². The Labute approximate surface area is 239 Å². The number of benzene rings is 3. The highest BCUT2D eigenvalue weighted by Crippen LogP contribution is 2.37. The van der Waals surface area contributed by atoms with E-state index < -0.39 is 47.4 Å². The van der Waals surface area contributed by atoms with Crippen molar-refractivity contribution in [1.82, 2.24) is 10.3 Å². The van der Waals surface area contributed by atoms with Crippen LogP contribution in [-0.4, -0.2) is 23.6 Å². The van der Waals surface area contributed by atoms with Gasteiger partial charge in [0.15, 0.2) is 0 Å². The van der Waals surface area contributed by atoms with E-state index in [-0.39, 0.29) is 22.7 Å². The fourth-order valence-corrected chi connectivity index (χ4v) is 4.23. The maximum Gasteiger partial charge on any atom is 0.461 e. The maximum absolute atomic E-state index is 13.8. The Kier molecular flexibility index (Phi) is 8.95. The SMILES string of the molecule is O=C(N[C@@](Cc1ccccc1)(c1cccc(OC(F)(F)C(F)F)c1)c1ccc(Cl)cn1)Oc1cccc(C(F)(F)F)c1. The van der Waals surface area contributed by atoms with Gasteiger partial charge in [-0.1, -0.05) is 60.1 Å². The zero-order valence-electron chi connectivity index (χ0n) is 21.2. The number of hydrogen-bond acceptors (Lipinski definition) is 4. The summed E-state index contributed by atoms with van der Waals surface area (Å²) < 4.78 is 102. The third-order valence-electron chi connectivity index (χ3n) is 6.00. The molecule has 1 atom stereocenters. The number of carbonyl (C=O) groups is 1. The summed E-state index contributed by atoms with van der Waals surface area (Å²) in [5.74, 6) is -1.09. The first-order valence-electron chi connectivity index (χ1n) is 12.1. The van der Waals surface area contributed by atoms with Crippen LogP contribution < -0.4 is 14.8 Å². The van der Waals surface area contributed by atoms with E-state index in [0.29, 0.717) is 11.6 Å². The van der Waals surface area contributed by atoms with Crippen molar-refractivity contribution >= 4 is 17.7 Å². The molecule has 5 nitrogen and oxygen atoms in total. The number of nitrogens with zero attached hydrogens (tertiary/aromatic N) is 1. The van der Waals surface area contributed by atoms with Crippen molar-refractivity contribution in [2.24, 2.45) is 0 Å². The minimum absolute atomic E-state index is 0.0461. The van der Waals surface area contributed by atoms with Crippen molar-refractivity contribution in [3.8, 4) is 11.5 Å². The molecule has 1 amide bonds. The summed E-state index contributed by atoms with van der Waals surface area (Å²) in [6, 6.07) is 19.6. The highest BCUT2D eigenvalue weighted by atomic mass is 35.5. The second kappa shape index (κ2) is 12.3. The Balaban J connectivity index is 1.83. The van der Waals surface area contributed by atoms with Crippen molar-refractivity contribution in [3.63, 3.8) is 0 Å². The molecule has 1 N–H and O–H groups in total. The lowest BCUT2D eigenvalue weighted by Crippen LogP contribution is -2.50. The van der Waals surface area contributed by atoms with Crippen molar-refractivity contribution in [3.05, 3.63) is 125 Å². The van der Waals surface area contributed by atoms with E-state index in [1.54, 1.807) is 30.3 Å². The quantitative estimate of drug-likeness (QED) is 0.193. The molecule has 0 saturated heterocycles. The fraction of sp³-hybridized carbons (Fsp3) is 0.172. The normalized spacial score (nSPS) is 13.4. The van der Waals surface area contributed by atoms with Crippen LogP contribution in [-0.2, 0) is 18.1 Å². The maximum atomic E-state index is 13.8. The zero-order valence-corrected chi connectivity index (χ0v) is 22.0. The smallest absolute Gasteiger partial charge is 0.428 e. The molecule has 0 unspecified atom stereocenters. The minimum Gasteiger partial charge on any atom is -0.428 e. The molecule has 0 saturated carbocycles. The molecule has 220 valence electrons. The molecule has 1 aromatic heterocycles. The molecule has 0 spiro atoms. The van der Waals surface area contributed by atoms with Gasteiger partial charge in [0.25, 0.3) is 0 Å². The molecule has 0 radical (unpaired) electrons. The standard InChI is InChI=1S/C29H20ClF7N2O3/c30-21-12-13-24(38-17-21)27(16-18-6-2-1-3-7-18,19-8-4-11-23(14-19)42-29(36,37)25(31)32)39-26(40)41-22-10-5-9-20(15-22)28(33,34)35/h1-15,17,25H,16H2,(H,39,40)/t27-/m0/s1. The summed E-state index contributed by atoms with van der Waals surface area (Å²) in [7, 11) is 0. The average Bonchev–Trinajstić information content (AvgIpc) is 2.93. The monoisotopic (exact) mass is 612 g/mol. The third-order valence-corrected chi connectivity index (χ3v) is 6.22. The molecule has 0 aliphatic rings. The van der Waals surface area contributed by atoms with Gasteiger partial charge in [-0.25, -0.2) is 4.79 Å². The number of aromatic nitrogens is 1. The van der Waals surface area contributed by atoms with Crippen LogP contribution in [0.25, 0.3) is 0 Å². The second-order valence-corrected chi connectivity index (χ2v) is 9.40. The highest BCUT2D eigenvalue weighted by molar-refractivity contribution is 6.30. The van der Waals surface area contributed by atoms with Crippen LogP contribution in [0.1, 0.15) is 22.4 Å². The lowest BCUT2D eigenvalue weighted by Gasteiger charge is -2.35. The van der Waals surface area contributed by atoms with E-state index in [1.807, 2.05) is 0 Å². The topological polar surface area (TPSA) is 60.5 Å². The summed E-state index contributed by atoms with van der Waals surface area (Å²) in [5, 5.41) is 2.83. The van der Waals surface area contributed by atoms with Gasteiger partial charge < -0.3 is 14.8 Å². The number of rotatable bonds is 9. The van der Waals surface area contributed by atoms with E-state index in [4.69, 9.17) is 16.3 Å². The van der Waals surface area contributed by atoms with Crippen LogP contribution in [0.15, 0.2) is 97.2 Å². The van der Waals surface area contributed by atoms with Crippen molar-refractivity contribution in [1.29, 1.82) is 0 Å². The van der Waals surface area contributed by atoms with Gasteiger partial charge in [-0.05, 0) is 53.6 Å². The first-order chi connectivity index (χ1) is 19.8. The Bertz CT molecular complexity index is 1520. The molecular formula is C29H20ClF7N2O3. The van der Waals surface area contributed by atoms with Crippen LogP contribution >= 0.6 is 11.6 Å². The Morgan fingerprint density at radius 3 is 2.10 bits per heavy atom. The second-order valence-electron chi connectivity index (χ2n) is 8.96. The average molecular weight is 613 g/mol. The summed E-state index contributed by atoms with van der Waals surface area (Å²) in [6.07, 6.45) is -13.7. The molecule has 1 heterocycles. The van der Waals surface area contributed by atoms with Crippen LogP contribution in [0.3, 0.4) is 0 Å². The minimum atomic E-state index is -4.82. The molecule has 0 aliphatic heterocycles. The van der Waals surface area contributed by atoms with Crippen LogP contribution in [0.5, 0.6) is 11.5 Å². The van der Waals surface area contributed by atoms with E-state index >= 15 is 0 Å². The van der Waals surface area contributed by atoms with Gasteiger partial charge in [-0.2, -0.15) is 30.7 Å². The molecular weight excluding hydrogens is 593 g/mol. The first kappa shape index (κ1) is 30.6. The zero-order chi connectivity index (χ0) is 30.5. The molecule has 4 rings (SSSR count). The molecule has 0 bridgehead atoms. The number of hydrogen-bond donors (Lipinski definition) is 1. The molecule has 0 aliphatic carbocycles. The molecule has 0 fully saturated rings. The van der Waals surface area contributed by atoms with Gasteiger partial charge >= 0.3 is 24.8 Å². The highest BCUT2D eigenvalue weighted by Gasteiger charge is 2.45. The number of halogens is 8. The summed E-state index contributed by atoms with van der Waals surface area (Å²) >= 11 is 6.02. The lowest BCUT2D eigenvalue weighted by molar-refractivity contribution is -0.253. The van der Waals surface area contributed by atoms with Gasteiger partial charge in [-0.15, -0.1) is 0 Å². The number of alkyl halides is 7. The van der Waals surface area contributed by atoms with Gasteiger partial charge in [0.05, 0.1) is 16.3 Å². The number of nitrogens with one attached hydrogen (secondary N) is 1. The number of pyridine rings is 1. The molecule has 42 heavy (non-hydrogen) atoms. The van der Waals surface area contributed by atoms with Crippen molar-refractivity contribution in [2.45, 2.75) is 30.7 Å². The fourth-order valence-electron chi connectivity index (χ4n) is 4.12. The third kappa shape index (κ3) is 7.30. The Hall–Kier alpha value is -4.32. The Morgan fingerprint density at radius 1 is 0.833 bits per heavy atom. The van der Waals surface area contributed by atoms with Gasteiger partial charge in [0.1, 0.15) is 17.0 Å². The van der Waals surface area contributed by atoms with Crippen LogP contribution in [0.4, 0.5) is 35.5 Å². The van der Waals surface area contributed by atoms with Crippen molar-refractivity contribution in [2.75, 3.05) is 0 Å². The molecule has 3 aromatic carbocycles. The van der Waals surface area contributed by atoms with Crippen LogP contribution in [0, 0.1) is 0 Å². The predicted octanol–water partition coefficient (Wildman–Crippen LogP) is 8.27.